The van der Waals surface area contributed by atoms with E-state index in [1.807, 2.05) is 0 Å². The van der Waals surface area contributed by atoms with Crippen LogP contribution >= 0.6 is 0 Å². The third-order valence-corrected chi connectivity index (χ3v) is 3.55. The Hall–Kier alpha value is -1.96. The molecule has 0 bridgehead atoms. The maximum Gasteiger partial charge on any atom is 0.306 e. The molecule has 0 unspecified atom stereocenters. The molecule has 1 aliphatic carbocycles. The summed E-state index contributed by atoms with van der Waals surface area (Å²) in [6, 6.07) is 0. The number of carboxylic acids is 1. The van der Waals surface area contributed by atoms with Gasteiger partial charge in [-0.3, -0.25) is 19.6 Å². The van der Waals surface area contributed by atoms with E-state index in [2.05, 4.69) is 5.10 Å². The van der Waals surface area contributed by atoms with E-state index in [4.69, 9.17) is 5.11 Å². The van der Waals surface area contributed by atoms with Crippen molar-refractivity contribution in [2.75, 3.05) is 0 Å². The number of aliphatic carboxylic acids is 1. The van der Waals surface area contributed by atoms with E-state index in [0.717, 1.165) is 6.20 Å². The average Bonchev–Trinajstić information content (AvgIpc) is 2.77. The van der Waals surface area contributed by atoms with Gasteiger partial charge in [-0.2, -0.15) is 5.10 Å². The first-order valence-electron chi connectivity index (χ1n) is 6.02. The summed E-state index contributed by atoms with van der Waals surface area (Å²) in [7, 11) is 0. The van der Waals surface area contributed by atoms with Crippen LogP contribution in [0.4, 0.5) is 5.69 Å². The van der Waals surface area contributed by atoms with Crippen molar-refractivity contribution in [2.24, 2.45) is 5.92 Å². The van der Waals surface area contributed by atoms with Gasteiger partial charge < -0.3 is 10.2 Å². The molecule has 104 valence electrons. The molecule has 1 aliphatic rings. The lowest BCUT2D eigenvalue weighted by atomic mass is 9.79. The molecule has 8 heteroatoms. The van der Waals surface area contributed by atoms with Gasteiger partial charge in [0.15, 0.2) is 0 Å². The molecule has 1 saturated carbocycles. The molecule has 0 spiro atoms. The van der Waals surface area contributed by atoms with E-state index in [9.17, 15) is 20.0 Å². The van der Waals surface area contributed by atoms with Crippen molar-refractivity contribution in [1.29, 1.82) is 0 Å². The van der Waals surface area contributed by atoms with Crippen LogP contribution in [0.3, 0.4) is 0 Å². The molecule has 0 saturated heterocycles. The first kappa shape index (κ1) is 13.5. The molecule has 0 amide bonds. The van der Waals surface area contributed by atoms with Crippen LogP contribution in [0.2, 0.25) is 0 Å². The van der Waals surface area contributed by atoms with E-state index in [1.54, 1.807) is 0 Å². The molecule has 8 nitrogen and oxygen atoms in total. The smallest absolute Gasteiger partial charge is 0.306 e. The first-order chi connectivity index (χ1) is 8.89. The van der Waals surface area contributed by atoms with Crippen LogP contribution in [0.25, 0.3) is 0 Å². The Morgan fingerprint density at radius 1 is 1.58 bits per heavy atom. The summed E-state index contributed by atoms with van der Waals surface area (Å²) >= 11 is 0. The minimum absolute atomic E-state index is 0.122. The summed E-state index contributed by atoms with van der Waals surface area (Å²) in [5.41, 5.74) is -1.16. The molecule has 1 aromatic heterocycles. The van der Waals surface area contributed by atoms with Gasteiger partial charge >= 0.3 is 11.7 Å². The quantitative estimate of drug-likeness (QED) is 0.616. The Bertz CT molecular complexity index is 490. The van der Waals surface area contributed by atoms with Crippen molar-refractivity contribution in [3.63, 3.8) is 0 Å². The van der Waals surface area contributed by atoms with E-state index in [1.165, 1.54) is 10.9 Å². The minimum Gasteiger partial charge on any atom is -0.481 e. The average molecular weight is 269 g/mol. The zero-order valence-electron chi connectivity index (χ0n) is 10.2. The summed E-state index contributed by atoms with van der Waals surface area (Å²) in [4.78, 5) is 20.8. The lowest BCUT2D eigenvalue weighted by molar-refractivity contribution is -0.385. The van der Waals surface area contributed by atoms with Gasteiger partial charge in [-0.15, -0.1) is 0 Å². The van der Waals surface area contributed by atoms with Gasteiger partial charge in [-0.1, -0.05) is 0 Å². The van der Waals surface area contributed by atoms with Crippen LogP contribution in [-0.2, 0) is 11.3 Å². The maximum absolute atomic E-state index is 10.8. The van der Waals surface area contributed by atoms with Crippen molar-refractivity contribution in [3.05, 3.63) is 22.5 Å². The number of carboxylic acid groups (broad SMARTS) is 1. The minimum atomic E-state index is -1.04. The van der Waals surface area contributed by atoms with Crippen LogP contribution < -0.4 is 0 Å². The Balaban J connectivity index is 1.98. The highest BCUT2D eigenvalue weighted by atomic mass is 16.6. The van der Waals surface area contributed by atoms with E-state index >= 15 is 0 Å². The Morgan fingerprint density at radius 3 is 2.68 bits per heavy atom. The normalized spacial score (nSPS) is 27.1. The number of aliphatic hydroxyl groups is 1. The second-order valence-corrected chi connectivity index (χ2v) is 4.99. The number of nitrogens with zero attached hydrogens (tertiary/aromatic N) is 3. The second kappa shape index (κ2) is 4.96. The summed E-state index contributed by atoms with van der Waals surface area (Å²) in [5.74, 6) is -1.25. The highest BCUT2D eigenvalue weighted by molar-refractivity contribution is 5.70. The van der Waals surface area contributed by atoms with Crippen molar-refractivity contribution >= 4 is 11.7 Å². The Morgan fingerprint density at radius 2 is 2.21 bits per heavy atom. The second-order valence-electron chi connectivity index (χ2n) is 4.99. The summed E-state index contributed by atoms with van der Waals surface area (Å²) in [5, 5.41) is 33.6. The number of rotatable bonds is 4. The lowest BCUT2D eigenvalue weighted by Gasteiger charge is -2.34. The Kier molecular flexibility index (Phi) is 3.52. The van der Waals surface area contributed by atoms with Crippen LogP contribution in [0.5, 0.6) is 0 Å². The fourth-order valence-electron chi connectivity index (χ4n) is 2.40. The first-order valence-corrected chi connectivity index (χ1v) is 6.02. The van der Waals surface area contributed by atoms with Gasteiger partial charge in [-0.05, 0) is 25.7 Å². The standard InChI is InChI=1S/C11H15N3O5/c15-10(16)8-1-3-11(17,4-2-8)7-13-6-9(5-12-13)14(18)19/h5-6,8,17H,1-4,7H2,(H,15,16). The third kappa shape index (κ3) is 3.08. The molecule has 0 radical (unpaired) electrons. The summed E-state index contributed by atoms with van der Waals surface area (Å²) in [6.45, 7) is 0.146. The molecule has 2 N–H and O–H groups in total. The van der Waals surface area contributed by atoms with Gasteiger partial charge in [0.25, 0.3) is 0 Å². The molecule has 1 aromatic rings. The third-order valence-electron chi connectivity index (χ3n) is 3.55. The fourth-order valence-corrected chi connectivity index (χ4v) is 2.40. The number of hydrogen-bond donors (Lipinski definition) is 2. The van der Waals surface area contributed by atoms with Gasteiger partial charge in [0, 0.05) is 0 Å². The maximum atomic E-state index is 10.8. The summed E-state index contributed by atoms with van der Waals surface area (Å²) in [6.07, 6.45) is 3.94. The zero-order valence-corrected chi connectivity index (χ0v) is 10.2. The van der Waals surface area contributed by atoms with Gasteiger partial charge in [-0.25, -0.2) is 0 Å². The van der Waals surface area contributed by atoms with Crippen LogP contribution in [0, 0.1) is 16.0 Å². The molecule has 1 fully saturated rings. The molecular formula is C11H15N3O5. The van der Waals surface area contributed by atoms with Crippen LogP contribution in [0.15, 0.2) is 12.4 Å². The molecule has 0 aliphatic heterocycles. The van der Waals surface area contributed by atoms with Gasteiger partial charge in [0.2, 0.25) is 0 Å². The summed E-state index contributed by atoms with van der Waals surface area (Å²) < 4.78 is 1.33. The zero-order chi connectivity index (χ0) is 14.0. The molecule has 0 atom stereocenters. The van der Waals surface area contributed by atoms with Crippen molar-refractivity contribution in [3.8, 4) is 0 Å². The van der Waals surface area contributed by atoms with Crippen LogP contribution in [-0.4, -0.2) is 36.5 Å². The van der Waals surface area contributed by atoms with Crippen molar-refractivity contribution in [2.45, 2.75) is 37.8 Å². The molecule has 0 aromatic carbocycles. The van der Waals surface area contributed by atoms with Crippen molar-refractivity contribution < 1.29 is 19.9 Å². The SMILES string of the molecule is O=C(O)C1CCC(O)(Cn2cc([N+](=O)[O-])cn2)CC1. The number of hydrogen-bond acceptors (Lipinski definition) is 5. The van der Waals surface area contributed by atoms with E-state index < -0.39 is 22.4 Å². The van der Waals surface area contributed by atoms with Crippen LogP contribution in [0.1, 0.15) is 25.7 Å². The number of carbonyl (C=O) groups is 1. The number of aromatic nitrogens is 2. The highest BCUT2D eigenvalue weighted by Gasteiger charge is 2.36. The van der Waals surface area contributed by atoms with Gasteiger partial charge in [0.1, 0.15) is 12.4 Å². The monoisotopic (exact) mass is 269 g/mol. The largest absolute Gasteiger partial charge is 0.481 e. The lowest BCUT2D eigenvalue weighted by Crippen LogP contribution is -2.39. The fraction of sp³-hybridized carbons (Fsp3) is 0.636. The molecule has 2 rings (SSSR count). The topological polar surface area (TPSA) is 118 Å². The van der Waals surface area contributed by atoms with E-state index in [0.29, 0.717) is 25.7 Å². The molecular weight excluding hydrogens is 254 g/mol. The molecule has 1 heterocycles. The highest BCUT2D eigenvalue weighted by Crippen LogP contribution is 2.33. The number of nitro groups is 1. The Labute approximate surface area is 108 Å². The van der Waals surface area contributed by atoms with E-state index in [-0.39, 0.29) is 12.2 Å². The molecule has 19 heavy (non-hydrogen) atoms. The predicted octanol–water partition coefficient (Wildman–Crippen LogP) is 0.797. The van der Waals surface area contributed by atoms with Gasteiger partial charge in [0.05, 0.1) is 23.0 Å². The van der Waals surface area contributed by atoms with Crippen molar-refractivity contribution in [1.82, 2.24) is 9.78 Å². The predicted molar refractivity (Wildman–Crippen MR) is 63.4 cm³/mol.